The van der Waals surface area contributed by atoms with Gasteiger partial charge in [-0.2, -0.15) is 0 Å². The molecule has 142 valence electrons. The summed E-state index contributed by atoms with van der Waals surface area (Å²) in [6.07, 6.45) is 1.20. The van der Waals surface area contributed by atoms with Crippen molar-refractivity contribution in [3.05, 3.63) is 54.5 Å². The first-order valence-corrected chi connectivity index (χ1v) is 8.41. The molecule has 0 aliphatic heterocycles. The van der Waals surface area contributed by atoms with Gasteiger partial charge in [-0.1, -0.05) is 6.07 Å². The van der Waals surface area contributed by atoms with Crippen molar-refractivity contribution < 1.29 is 18.7 Å². The molecule has 0 bridgehead atoms. The average Bonchev–Trinajstić information content (AvgIpc) is 3.04. The van der Waals surface area contributed by atoms with Crippen molar-refractivity contribution in [2.75, 3.05) is 25.3 Å². The zero-order valence-electron chi connectivity index (χ0n) is 15.2. The van der Waals surface area contributed by atoms with Gasteiger partial charge in [0.1, 0.15) is 28.7 Å². The number of carbonyl (C=O) groups is 1. The van der Waals surface area contributed by atoms with Gasteiger partial charge in [0, 0.05) is 28.9 Å². The van der Waals surface area contributed by atoms with E-state index >= 15 is 0 Å². The molecule has 0 aliphatic rings. The first-order valence-electron chi connectivity index (χ1n) is 8.41. The number of nitrogens with one attached hydrogen (secondary N) is 1. The predicted octanol–water partition coefficient (Wildman–Crippen LogP) is 4.06. The summed E-state index contributed by atoms with van der Waals surface area (Å²) in [5, 5.41) is 4.27. The number of aromatic nitrogens is 2. The summed E-state index contributed by atoms with van der Waals surface area (Å²) >= 11 is 0. The number of benzene rings is 2. The van der Waals surface area contributed by atoms with Gasteiger partial charge in [0.2, 0.25) is 0 Å². The summed E-state index contributed by atoms with van der Waals surface area (Å²) in [6, 6.07) is 11.8. The number of hydrogen-bond donors (Lipinski definition) is 2. The Bertz CT molecular complexity index is 1220. The molecule has 28 heavy (non-hydrogen) atoms. The largest absolute Gasteiger partial charge is 0.497 e. The van der Waals surface area contributed by atoms with Gasteiger partial charge in [-0.05, 0) is 35.7 Å². The lowest BCUT2D eigenvalue weighted by Crippen LogP contribution is -2.10. The van der Waals surface area contributed by atoms with Crippen LogP contribution in [0, 0.1) is 5.82 Å². The van der Waals surface area contributed by atoms with Crippen molar-refractivity contribution in [3.8, 4) is 17.0 Å². The number of nitrogen functional groups attached to an aromatic ring is 1. The van der Waals surface area contributed by atoms with Gasteiger partial charge in [0.15, 0.2) is 0 Å². The number of amides is 1. The fourth-order valence-corrected chi connectivity index (χ4v) is 3.10. The van der Waals surface area contributed by atoms with Gasteiger partial charge >= 0.3 is 6.09 Å². The SMILES string of the molecule is COC(=O)Nc1ccc2ccn3c(N)c(-c4ccc(OC)cc4F)nc3c2c1. The number of imidazole rings is 1. The van der Waals surface area contributed by atoms with Gasteiger partial charge in [0.05, 0.1) is 14.2 Å². The van der Waals surface area contributed by atoms with E-state index in [1.165, 1.54) is 20.3 Å². The summed E-state index contributed by atoms with van der Waals surface area (Å²) in [5.41, 5.74) is 7.96. The average molecular weight is 380 g/mol. The quantitative estimate of drug-likeness (QED) is 0.559. The highest BCUT2D eigenvalue weighted by molar-refractivity contribution is 5.99. The number of carbonyl (C=O) groups excluding carboxylic acids is 1. The number of fused-ring (bicyclic) bond motifs is 3. The Morgan fingerprint density at radius 1 is 1.18 bits per heavy atom. The summed E-state index contributed by atoms with van der Waals surface area (Å²) in [7, 11) is 2.76. The Balaban J connectivity index is 1.91. The highest BCUT2D eigenvalue weighted by Crippen LogP contribution is 2.33. The number of anilines is 2. The van der Waals surface area contributed by atoms with E-state index in [0.29, 0.717) is 28.6 Å². The van der Waals surface area contributed by atoms with Crippen molar-refractivity contribution >= 4 is 34.0 Å². The molecular formula is C20H17FN4O3. The molecule has 4 rings (SSSR count). The van der Waals surface area contributed by atoms with Crippen molar-refractivity contribution in [1.82, 2.24) is 9.38 Å². The van der Waals surface area contributed by atoms with Crippen LogP contribution < -0.4 is 15.8 Å². The van der Waals surface area contributed by atoms with Crippen LogP contribution in [0.25, 0.3) is 27.7 Å². The van der Waals surface area contributed by atoms with Crippen molar-refractivity contribution in [3.63, 3.8) is 0 Å². The Hall–Kier alpha value is -3.81. The lowest BCUT2D eigenvalue weighted by Gasteiger charge is -2.06. The van der Waals surface area contributed by atoms with Crippen molar-refractivity contribution in [2.45, 2.75) is 0 Å². The molecule has 0 spiro atoms. The van der Waals surface area contributed by atoms with Crippen LogP contribution >= 0.6 is 0 Å². The third kappa shape index (κ3) is 2.84. The van der Waals surface area contributed by atoms with E-state index in [0.717, 1.165) is 10.8 Å². The summed E-state index contributed by atoms with van der Waals surface area (Å²) in [5.74, 6) is 0.242. The van der Waals surface area contributed by atoms with Crippen LogP contribution in [0.5, 0.6) is 5.75 Å². The monoisotopic (exact) mass is 380 g/mol. The van der Waals surface area contributed by atoms with E-state index in [-0.39, 0.29) is 5.56 Å². The molecule has 0 radical (unpaired) electrons. The van der Waals surface area contributed by atoms with Gasteiger partial charge in [-0.15, -0.1) is 0 Å². The molecule has 8 heteroatoms. The van der Waals surface area contributed by atoms with Crippen LogP contribution in [0.2, 0.25) is 0 Å². The molecule has 0 saturated carbocycles. The fourth-order valence-electron chi connectivity index (χ4n) is 3.10. The van der Waals surface area contributed by atoms with E-state index in [1.807, 2.05) is 12.1 Å². The summed E-state index contributed by atoms with van der Waals surface area (Å²) < 4.78 is 25.9. The molecule has 0 aliphatic carbocycles. The highest BCUT2D eigenvalue weighted by Gasteiger charge is 2.17. The number of methoxy groups -OCH3 is 2. The zero-order valence-corrected chi connectivity index (χ0v) is 15.2. The van der Waals surface area contributed by atoms with Gasteiger partial charge in [-0.3, -0.25) is 9.72 Å². The van der Waals surface area contributed by atoms with E-state index in [4.69, 9.17) is 10.5 Å². The first kappa shape index (κ1) is 17.6. The fraction of sp³-hybridized carbons (Fsp3) is 0.100. The summed E-state index contributed by atoms with van der Waals surface area (Å²) in [6.45, 7) is 0. The number of nitrogens with zero attached hydrogens (tertiary/aromatic N) is 2. The minimum atomic E-state index is -0.574. The van der Waals surface area contributed by atoms with E-state index in [9.17, 15) is 9.18 Å². The topological polar surface area (TPSA) is 90.9 Å². The van der Waals surface area contributed by atoms with E-state index < -0.39 is 11.9 Å². The minimum Gasteiger partial charge on any atom is -0.497 e. The summed E-state index contributed by atoms with van der Waals surface area (Å²) in [4.78, 5) is 16.1. The number of pyridine rings is 1. The Morgan fingerprint density at radius 2 is 2.00 bits per heavy atom. The van der Waals surface area contributed by atoms with Crippen molar-refractivity contribution in [1.29, 1.82) is 0 Å². The normalized spacial score (nSPS) is 11.0. The Morgan fingerprint density at radius 3 is 2.71 bits per heavy atom. The number of nitrogens with two attached hydrogens (primary N) is 1. The number of rotatable bonds is 3. The van der Waals surface area contributed by atoms with Gasteiger partial charge in [-0.25, -0.2) is 14.2 Å². The van der Waals surface area contributed by atoms with Crippen LogP contribution in [-0.4, -0.2) is 29.7 Å². The predicted molar refractivity (Wildman–Crippen MR) is 105 cm³/mol. The third-order valence-electron chi connectivity index (χ3n) is 4.51. The van der Waals surface area contributed by atoms with E-state index in [2.05, 4.69) is 15.0 Å². The maximum absolute atomic E-state index is 14.5. The second-order valence-electron chi connectivity index (χ2n) is 6.12. The standard InChI is InChI=1S/C20H17FN4O3/c1-27-13-5-6-14(16(21)10-13)17-18(22)25-8-7-11-3-4-12(23-20(26)28-2)9-15(11)19(25)24-17/h3-10H,22H2,1-2H3,(H,23,26). The zero-order chi connectivity index (χ0) is 19.8. The second-order valence-corrected chi connectivity index (χ2v) is 6.12. The third-order valence-corrected chi connectivity index (χ3v) is 4.51. The minimum absolute atomic E-state index is 0.277. The molecule has 4 aromatic rings. The molecule has 0 saturated heterocycles. The molecule has 7 nitrogen and oxygen atoms in total. The maximum Gasteiger partial charge on any atom is 0.411 e. The molecular weight excluding hydrogens is 363 g/mol. The molecule has 0 unspecified atom stereocenters. The highest BCUT2D eigenvalue weighted by atomic mass is 19.1. The lowest BCUT2D eigenvalue weighted by atomic mass is 10.1. The Labute approximate surface area is 159 Å². The second kappa shape index (κ2) is 6.73. The number of ether oxygens (including phenoxy) is 2. The first-order chi connectivity index (χ1) is 13.5. The molecule has 0 atom stereocenters. The Kier molecular flexibility index (Phi) is 4.23. The number of hydrogen-bond acceptors (Lipinski definition) is 5. The lowest BCUT2D eigenvalue weighted by molar-refractivity contribution is 0.187. The van der Waals surface area contributed by atoms with Crippen LogP contribution in [-0.2, 0) is 4.74 Å². The van der Waals surface area contributed by atoms with Crippen LogP contribution in [0.3, 0.4) is 0 Å². The van der Waals surface area contributed by atoms with Crippen LogP contribution in [0.1, 0.15) is 0 Å². The van der Waals surface area contributed by atoms with Gasteiger partial charge in [0.25, 0.3) is 0 Å². The number of halogens is 1. The molecule has 2 aromatic heterocycles. The maximum atomic E-state index is 14.5. The molecule has 1 amide bonds. The van der Waals surface area contributed by atoms with Crippen LogP contribution in [0.4, 0.5) is 20.7 Å². The molecule has 2 heterocycles. The van der Waals surface area contributed by atoms with Gasteiger partial charge < -0.3 is 15.2 Å². The van der Waals surface area contributed by atoms with Crippen LogP contribution in [0.15, 0.2) is 48.7 Å². The van der Waals surface area contributed by atoms with Crippen molar-refractivity contribution in [2.24, 2.45) is 0 Å². The smallest absolute Gasteiger partial charge is 0.411 e. The van der Waals surface area contributed by atoms with E-state index in [1.54, 1.807) is 34.9 Å². The molecule has 0 fully saturated rings. The molecule has 3 N–H and O–H groups in total. The molecule has 2 aromatic carbocycles.